The van der Waals surface area contributed by atoms with E-state index in [1.54, 1.807) is 0 Å². The summed E-state index contributed by atoms with van der Waals surface area (Å²) in [5, 5.41) is 3.01. The zero-order valence-electron chi connectivity index (χ0n) is 47.9. The van der Waals surface area contributed by atoms with Gasteiger partial charge in [0.25, 0.3) is 7.82 Å². The third-order valence-corrected chi connectivity index (χ3v) is 14.1. The van der Waals surface area contributed by atoms with Gasteiger partial charge >= 0.3 is 5.97 Å². The molecule has 420 valence electrons. The van der Waals surface area contributed by atoms with E-state index >= 15 is 0 Å². The average Bonchev–Trinajstić information content (AvgIpc) is 3.34. The van der Waals surface area contributed by atoms with Crippen molar-refractivity contribution >= 4 is 19.7 Å². The molecule has 1 amide bonds. The zero-order chi connectivity index (χ0) is 52.9. The van der Waals surface area contributed by atoms with Crippen molar-refractivity contribution < 1.29 is 37.3 Å². The van der Waals surface area contributed by atoms with Crippen LogP contribution in [0.4, 0.5) is 0 Å². The number of ether oxygens (including phenoxy) is 1. The highest BCUT2D eigenvalue weighted by Crippen LogP contribution is 2.38. The summed E-state index contributed by atoms with van der Waals surface area (Å²) in [6.07, 6.45) is 64.7. The first-order valence-corrected chi connectivity index (χ1v) is 31.6. The Morgan fingerprint density at radius 1 is 0.486 bits per heavy atom. The second kappa shape index (κ2) is 52.2. The van der Waals surface area contributed by atoms with Crippen molar-refractivity contribution in [1.29, 1.82) is 0 Å². The van der Waals surface area contributed by atoms with Gasteiger partial charge in [-0.05, 0) is 96.0 Å². The summed E-state index contributed by atoms with van der Waals surface area (Å²) in [5.74, 6) is -0.565. The van der Waals surface area contributed by atoms with Crippen LogP contribution in [0.2, 0.25) is 0 Å². The molecular weight excluding hydrogens is 916 g/mol. The number of hydrogen-bond donors (Lipinski definition) is 1. The molecule has 0 aliphatic heterocycles. The minimum Gasteiger partial charge on any atom is -0.756 e. The summed E-state index contributed by atoms with van der Waals surface area (Å²) in [6, 6.07) is -0.899. The lowest BCUT2D eigenvalue weighted by Gasteiger charge is -2.30. The molecule has 10 heteroatoms. The van der Waals surface area contributed by atoms with Crippen LogP contribution in [-0.2, 0) is 27.9 Å². The lowest BCUT2D eigenvalue weighted by atomic mass is 10.0. The lowest BCUT2D eigenvalue weighted by molar-refractivity contribution is -0.870. The normalized spacial score (nSPS) is 14.2. The Morgan fingerprint density at radius 3 is 1.32 bits per heavy atom. The SMILES string of the molecule is CCCCC/C=C\C/C=C\C/C=C\CCCCCCCCCCC(=O)OC(/C=C\CCCCCCCCCCCC)C(COP(=O)([O-])OCC[N+](C)(C)C)NC(=O)CCCCC/C=C\CCCCCCCC. The molecule has 0 fully saturated rings. The highest BCUT2D eigenvalue weighted by molar-refractivity contribution is 7.45. The van der Waals surface area contributed by atoms with Gasteiger partial charge in [0, 0.05) is 12.8 Å². The van der Waals surface area contributed by atoms with Crippen molar-refractivity contribution in [1.82, 2.24) is 5.32 Å². The molecule has 0 bridgehead atoms. The van der Waals surface area contributed by atoms with Crippen molar-refractivity contribution in [3.05, 3.63) is 60.8 Å². The molecule has 0 aliphatic rings. The number of likely N-dealkylation sites (N-methyl/N-ethyl adjacent to an activating group) is 1. The number of amides is 1. The molecule has 0 saturated carbocycles. The lowest BCUT2D eigenvalue weighted by Crippen LogP contribution is -2.47. The molecule has 0 aliphatic carbocycles. The molecule has 0 heterocycles. The molecule has 72 heavy (non-hydrogen) atoms. The van der Waals surface area contributed by atoms with Crippen molar-refractivity contribution in [2.24, 2.45) is 0 Å². The second-order valence-electron chi connectivity index (χ2n) is 21.5. The van der Waals surface area contributed by atoms with Gasteiger partial charge < -0.3 is 28.5 Å². The first-order valence-electron chi connectivity index (χ1n) is 30.1. The van der Waals surface area contributed by atoms with Crippen LogP contribution in [0.1, 0.15) is 271 Å². The molecule has 0 rings (SSSR count). The summed E-state index contributed by atoms with van der Waals surface area (Å²) in [4.78, 5) is 39.9. The van der Waals surface area contributed by atoms with E-state index < -0.39 is 26.6 Å². The van der Waals surface area contributed by atoms with Gasteiger partial charge in [0.15, 0.2) is 0 Å². The van der Waals surface area contributed by atoms with Gasteiger partial charge in [0.2, 0.25) is 5.91 Å². The van der Waals surface area contributed by atoms with Gasteiger partial charge in [-0.3, -0.25) is 14.2 Å². The van der Waals surface area contributed by atoms with Crippen LogP contribution < -0.4 is 10.2 Å². The van der Waals surface area contributed by atoms with E-state index in [2.05, 4.69) is 74.7 Å². The predicted octanol–water partition coefficient (Wildman–Crippen LogP) is 17.6. The van der Waals surface area contributed by atoms with Gasteiger partial charge in [-0.25, -0.2) is 0 Å². The molecule has 1 N–H and O–H groups in total. The van der Waals surface area contributed by atoms with E-state index in [0.717, 1.165) is 89.9 Å². The number of phosphoric acid groups is 1. The Hall–Kier alpha value is -2.29. The van der Waals surface area contributed by atoms with Crippen molar-refractivity contribution in [3.63, 3.8) is 0 Å². The van der Waals surface area contributed by atoms with E-state index in [9.17, 15) is 19.0 Å². The number of esters is 1. The topological polar surface area (TPSA) is 114 Å². The van der Waals surface area contributed by atoms with E-state index in [4.69, 9.17) is 13.8 Å². The highest BCUT2D eigenvalue weighted by atomic mass is 31.2. The number of quaternary nitrogens is 1. The number of rotatable bonds is 54. The summed E-state index contributed by atoms with van der Waals surface area (Å²) in [5.41, 5.74) is 0. The molecule has 0 saturated heterocycles. The molecule has 3 unspecified atom stereocenters. The van der Waals surface area contributed by atoms with Crippen LogP contribution in [0.5, 0.6) is 0 Å². The minimum atomic E-state index is -4.70. The zero-order valence-corrected chi connectivity index (χ0v) is 48.8. The van der Waals surface area contributed by atoms with Crippen LogP contribution in [0.3, 0.4) is 0 Å². The van der Waals surface area contributed by atoms with E-state index in [0.29, 0.717) is 23.9 Å². The van der Waals surface area contributed by atoms with Gasteiger partial charge in [0.05, 0.1) is 33.8 Å². The van der Waals surface area contributed by atoms with Crippen molar-refractivity contribution in [2.75, 3.05) is 40.9 Å². The molecule has 0 aromatic rings. The summed E-state index contributed by atoms with van der Waals surface area (Å²) in [7, 11) is 1.17. The maximum Gasteiger partial charge on any atom is 0.306 e. The number of nitrogens with one attached hydrogen (secondary N) is 1. The number of phosphoric ester groups is 1. The van der Waals surface area contributed by atoms with Crippen molar-refractivity contribution in [2.45, 2.75) is 283 Å². The maximum absolute atomic E-state index is 13.5. The average molecular weight is 1030 g/mol. The van der Waals surface area contributed by atoms with E-state index in [1.807, 2.05) is 33.3 Å². The fourth-order valence-electron chi connectivity index (χ4n) is 8.46. The Balaban J connectivity index is 5.27. The molecule has 0 spiro atoms. The van der Waals surface area contributed by atoms with Crippen LogP contribution in [0.25, 0.3) is 0 Å². The smallest absolute Gasteiger partial charge is 0.306 e. The fourth-order valence-corrected chi connectivity index (χ4v) is 9.19. The predicted molar refractivity (Wildman–Crippen MR) is 307 cm³/mol. The quantitative estimate of drug-likeness (QED) is 0.0212. The van der Waals surface area contributed by atoms with Gasteiger partial charge in [-0.15, -0.1) is 0 Å². The van der Waals surface area contributed by atoms with Crippen LogP contribution in [-0.4, -0.2) is 69.4 Å². The largest absolute Gasteiger partial charge is 0.756 e. The Bertz CT molecular complexity index is 1420. The number of allylic oxidation sites excluding steroid dienone is 9. The minimum absolute atomic E-state index is 0.0272. The number of carbonyl (C=O) groups excluding carboxylic acids is 2. The number of nitrogens with zero attached hydrogens (tertiary/aromatic N) is 1. The van der Waals surface area contributed by atoms with Crippen LogP contribution in [0, 0.1) is 0 Å². The van der Waals surface area contributed by atoms with Crippen LogP contribution in [0.15, 0.2) is 60.8 Å². The van der Waals surface area contributed by atoms with Crippen LogP contribution >= 0.6 is 7.82 Å². The number of carbonyl (C=O) groups is 2. The Kier molecular flexibility index (Phi) is 50.5. The summed E-state index contributed by atoms with van der Waals surface area (Å²) < 4.78 is 30.2. The molecule has 3 atom stereocenters. The monoisotopic (exact) mass is 1030 g/mol. The first kappa shape index (κ1) is 69.7. The summed E-state index contributed by atoms with van der Waals surface area (Å²) >= 11 is 0. The molecular formula is C62H115N2O7P. The molecule has 9 nitrogen and oxygen atoms in total. The van der Waals surface area contributed by atoms with Gasteiger partial charge in [-0.2, -0.15) is 0 Å². The maximum atomic E-state index is 13.5. The third-order valence-electron chi connectivity index (χ3n) is 13.2. The standard InChI is InChI=1S/C62H115N2O7P/c1-7-10-13-16-19-22-25-28-29-30-31-32-33-34-35-37-40-43-46-49-52-55-62(66)71-60(53-50-47-44-41-38-27-24-21-18-15-12-9-3)59(58-70-72(67,68)69-57-56-64(4,5)6)63-61(65)54-51-48-45-42-39-36-26-23-20-17-14-11-8-2/h19,22,28-29,31-32,36,39,50,53,59-60H,7-18,20-21,23-27,30,33-35,37-38,40-49,51-52,54-58H2,1-6H3,(H-,63,65,67,68)/b22-19-,29-28-,32-31-,39-36-,53-50-. The molecule has 0 aromatic carbocycles. The highest BCUT2D eigenvalue weighted by Gasteiger charge is 2.27. The van der Waals surface area contributed by atoms with Gasteiger partial charge in [-0.1, -0.05) is 223 Å². The first-order chi connectivity index (χ1) is 34.9. The second-order valence-corrected chi connectivity index (χ2v) is 22.9. The fraction of sp³-hybridized carbons (Fsp3) is 0.806. The molecule has 0 radical (unpaired) electrons. The van der Waals surface area contributed by atoms with E-state index in [-0.39, 0.29) is 24.9 Å². The Labute approximate surface area is 445 Å². The third kappa shape index (κ3) is 52.6. The molecule has 0 aromatic heterocycles. The van der Waals surface area contributed by atoms with Gasteiger partial charge in [0.1, 0.15) is 19.3 Å². The summed E-state index contributed by atoms with van der Waals surface area (Å²) in [6.45, 7) is 6.79. The number of unbranched alkanes of at least 4 members (excludes halogenated alkanes) is 30. The number of hydrogen-bond acceptors (Lipinski definition) is 7. The van der Waals surface area contributed by atoms with E-state index in [1.165, 1.54) is 141 Å². The van der Waals surface area contributed by atoms with Crippen molar-refractivity contribution in [3.8, 4) is 0 Å². The Morgan fingerprint density at radius 2 is 0.847 bits per heavy atom.